The molecule has 4 aromatic rings. The molecule has 0 saturated heterocycles. The monoisotopic (exact) mass is 542 g/mol. The van der Waals surface area contributed by atoms with Gasteiger partial charge in [0.1, 0.15) is 17.7 Å². The van der Waals surface area contributed by atoms with Crippen LogP contribution in [0.5, 0.6) is 0 Å². The SMILES string of the molecule is [N-]=[N+]=NC(C(=O)N1CCc2cccnc21)C(NP(=S)(c1ccccc1)c1ccccc1)c1ccc(F)cc1. The van der Waals surface area contributed by atoms with Crippen LogP contribution in [0.1, 0.15) is 17.2 Å². The largest absolute Gasteiger partial charge is 0.296 e. The molecular formula is C28H24FN6OPS. The molecule has 0 aliphatic carbocycles. The molecule has 1 N–H and O–H groups in total. The molecule has 5 rings (SSSR count). The number of carbonyl (C=O) groups is 1. The van der Waals surface area contributed by atoms with E-state index in [1.807, 2.05) is 72.8 Å². The molecule has 0 radical (unpaired) electrons. The van der Waals surface area contributed by atoms with E-state index in [0.717, 1.165) is 16.2 Å². The summed E-state index contributed by atoms with van der Waals surface area (Å²) in [5, 5.41) is 9.34. The van der Waals surface area contributed by atoms with Crippen LogP contribution in [0.3, 0.4) is 0 Å². The first-order valence-electron chi connectivity index (χ1n) is 12.1. The molecule has 7 nitrogen and oxygen atoms in total. The van der Waals surface area contributed by atoms with Gasteiger partial charge in [0.2, 0.25) is 5.91 Å². The van der Waals surface area contributed by atoms with Crippen molar-refractivity contribution in [1.29, 1.82) is 0 Å². The van der Waals surface area contributed by atoms with Gasteiger partial charge >= 0.3 is 0 Å². The summed E-state index contributed by atoms with van der Waals surface area (Å²) in [6.45, 7) is 0.421. The van der Waals surface area contributed by atoms with E-state index >= 15 is 0 Å². The number of amides is 1. The Morgan fingerprint density at radius 1 is 1.00 bits per heavy atom. The summed E-state index contributed by atoms with van der Waals surface area (Å²) >= 11 is 6.38. The number of anilines is 1. The van der Waals surface area contributed by atoms with Gasteiger partial charge in [-0.05, 0) is 41.3 Å². The molecular weight excluding hydrogens is 518 g/mol. The predicted octanol–water partition coefficient (Wildman–Crippen LogP) is 5.17. The summed E-state index contributed by atoms with van der Waals surface area (Å²) in [6, 6.07) is 26.8. The maximum atomic E-state index is 14.0. The molecule has 2 heterocycles. The lowest BCUT2D eigenvalue weighted by Crippen LogP contribution is -2.45. The normalized spacial score (nSPS) is 14.3. The molecule has 1 aliphatic rings. The fraction of sp³-hybridized carbons (Fsp3) is 0.143. The second kappa shape index (κ2) is 11.3. The number of pyridine rings is 1. The molecule has 0 spiro atoms. The maximum absolute atomic E-state index is 14.0. The highest BCUT2D eigenvalue weighted by atomic mass is 32.4. The fourth-order valence-electron chi connectivity index (χ4n) is 4.66. The summed E-state index contributed by atoms with van der Waals surface area (Å²) in [4.78, 5) is 23.0. The standard InChI is InChI=1S/C28H24FN6OPS/c29-22-15-13-20(14-16-22)25(26(32-34-30)28(36)35-19-17-21-8-7-18-31-27(21)35)33-37(38,23-9-3-1-4-10-23)24-11-5-2-6-12-24/h1-16,18,25-26H,17,19H2,(H,33,38). The van der Waals surface area contributed by atoms with E-state index in [1.54, 1.807) is 23.2 Å². The maximum Gasteiger partial charge on any atom is 0.239 e. The van der Waals surface area contributed by atoms with Crippen molar-refractivity contribution in [2.45, 2.75) is 18.5 Å². The van der Waals surface area contributed by atoms with E-state index in [2.05, 4.69) is 20.1 Å². The number of azide groups is 1. The van der Waals surface area contributed by atoms with Crippen LogP contribution in [-0.2, 0) is 23.0 Å². The lowest BCUT2D eigenvalue weighted by Gasteiger charge is -2.34. The van der Waals surface area contributed by atoms with Crippen LogP contribution in [0.15, 0.2) is 108 Å². The Labute approximate surface area is 225 Å². The van der Waals surface area contributed by atoms with E-state index in [-0.39, 0.29) is 0 Å². The smallest absolute Gasteiger partial charge is 0.239 e. The lowest BCUT2D eigenvalue weighted by molar-refractivity contribution is -0.120. The van der Waals surface area contributed by atoms with Gasteiger partial charge in [-0.2, -0.15) is 0 Å². The Hall–Kier alpha value is -3.87. The van der Waals surface area contributed by atoms with Gasteiger partial charge in [-0.1, -0.05) is 95.8 Å². The van der Waals surface area contributed by atoms with Gasteiger partial charge in [-0.25, -0.2) is 9.37 Å². The molecule has 1 aliphatic heterocycles. The van der Waals surface area contributed by atoms with Crippen molar-refractivity contribution in [1.82, 2.24) is 10.1 Å². The topological polar surface area (TPSA) is 94.0 Å². The van der Waals surface area contributed by atoms with E-state index in [0.29, 0.717) is 24.3 Å². The average molecular weight is 543 g/mol. The zero-order chi connectivity index (χ0) is 26.5. The lowest BCUT2D eigenvalue weighted by atomic mass is 9.99. The molecule has 2 unspecified atom stereocenters. The molecule has 0 saturated carbocycles. The number of benzene rings is 3. The number of nitrogens with one attached hydrogen (secondary N) is 1. The molecule has 38 heavy (non-hydrogen) atoms. The number of rotatable bonds is 8. The first-order chi connectivity index (χ1) is 18.5. The number of fused-ring (bicyclic) bond motifs is 1. The highest BCUT2D eigenvalue weighted by Crippen LogP contribution is 2.44. The molecule has 1 amide bonds. The molecule has 2 atom stereocenters. The minimum absolute atomic E-state index is 0.398. The molecule has 0 fully saturated rings. The summed E-state index contributed by atoms with van der Waals surface area (Å²) in [6.07, 6.45) is -0.469. The quantitative estimate of drug-likeness (QED) is 0.144. The summed E-state index contributed by atoms with van der Waals surface area (Å²) in [5.74, 6) is -0.258. The van der Waals surface area contributed by atoms with Crippen LogP contribution in [-0.4, -0.2) is 23.5 Å². The minimum atomic E-state index is -2.75. The van der Waals surface area contributed by atoms with Gasteiger partial charge in [0, 0.05) is 28.3 Å². The van der Waals surface area contributed by atoms with Crippen molar-refractivity contribution in [3.63, 3.8) is 0 Å². The van der Waals surface area contributed by atoms with Crippen molar-refractivity contribution >= 4 is 40.3 Å². The molecule has 0 bridgehead atoms. The first kappa shape index (κ1) is 25.8. The van der Waals surface area contributed by atoms with Crippen LogP contribution in [0, 0.1) is 5.82 Å². The van der Waals surface area contributed by atoms with Crippen LogP contribution in [0.2, 0.25) is 0 Å². The highest BCUT2D eigenvalue weighted by Gasteiger charge is 2.39. The Kier molecular flexibility index (Phi) is 7.63. The fourth-order valence-corrected chi connectivity index (χ4v) is 8.20. The van der Waals surface area contributed by atoms with Crippen LogP contribution < -0.4 is 20.6 Å². The number of nitrogens with zero attached hydrogens (tertiary/aromatic N) is 5. The first-order valence-corrected chi connectivity index (χ1v) is 14.9. The number of carbonyl (C=O) groups excluding carboxylic acids is 1. The second-order valence-electron chi connectivity index (χ2n) is 8.81. The van der Waals surface area contributed by atoms with Gasteiger partial charge < -0.3 is 0 Å². The van der Waals surface area contributed by atoms with E-state index in [9.17, 15) is 14.7 Å². The third-order valence-electron chi connectivity index (χ3n) is 6.53. The summed E-state index contributed by atoms with van der Waals surface area (Å²) in [7, 11) is 0. The molecule has 1 aromatic heterocycles. The molecule has 3 aromatic carbocycles. The zero-order valence-electron chi connectivity index (χ0n) is 20.3. The zero-order valence-corrected chi connectivity index (χ0v) is 22.0. The van der Waals surface area contributed by atoms with Crippen LogP contribution in [0.4, 0.5) is 10.2 Å². The Morgan fingerprint density at radius 2 is 1.63 bits per heavy atom. The third-order valence-corrected chi connectivity index (χ3v) is 10.8. The van der Waals surface area contributed by atoms with Crippen molar-refractivity contribution < 1.29 is 9.18 Å². The Morgan fingerprint density at radius 3 is 2.24 bits per heavy atom. The third kappa shape index (κ3) is 5.10. The van der Waals surface area contributed by atoms with E-state index < -0.39 is 30.0 Å². The van der Waals surface area contributed by atoms with Crippen molar-refractivity contribution in [3.05, 3.63) is 131 Å². The Bertz CT molecular complexity index is 1490. The van der Waals surface area contributed by atoms with E-state index in [1.165, 1.54) is 12.1 Å². The second-order valence-corrected chi connectivity index (χ2v) is 13.0. The van der Waals surface area contributed by atoms with Gasteiger partial charge in [0.25, 0.3) is 0 Å². The van der Waals surface area contributed by atoms with Gasteiger partial charge in [-0.15, -0.1) is 0 Å². The average Bonchev–Trinajstić information content (AvgIpc) is 3.40. The minimum Gasteiger partial charge on any atom is -0.296 e. The summed E-state index contributed by atoms with van der Waals surface area (Å²) in [5.41, 5.74) is 11.1. The van der Waals surface area contributed by atoms with Gasteiger partial charge in [0.15, 0.2) is 0 Å². The summed E-state index contributed by atoms with van der Waals surface area (Å²) < 4.78 is 13.9. The van der Waals surface area contributed by atoms with Crippen molar-refractivity contribution in [2.75, 3.05) is 11.4 Å². The number of halogens is 1. The van der Waals surface area contributed by atoms with Gasteiger partial charge in [-0.3, -0.25) is 14.8 Å². The highest BCUT2D eigenvalue weighted by molar-refractivity contribution is 8.20. The molecule has 10 heteroatoms. The number of hydrogen-bond acceptors (Lipinski definition) is 4. The van der Waals surface area contributed by atoms with E-state index in [4.69, 9.17) is 11.8 Å². The van der Waals surface area contributed by atoms with Gasteiger partial charge in [0.05, 0.1) is 12.2 Å². The van der Waals surface area contributed by atoms with Crippen molar-refractivity contribution in [2.24, 2.45) is 5.11 Å². The van der Waals surface area contributed by atoms with Crippen molar-refractivity contribution in [3.8, 4) is 0 Å². The Balaban J connectivity index is 1.63. The molecule has 190 valence electrons. The van der Waals surface area contributed by atoms with Crippen LogP contribution in [0.25, 0.3) is 10.4 Å². The number of aromatic nitrogens is 1. The predicted molar refractivity (Wildman–Crippen MR) is 152 cm³/mol. The number of hydrogen-bond donors (Lipinski definition) is 1. The van der Waals surface area contributed by atoms with Crippen LogP contribution >= 0.6 is 6.19 Å².